The number of para-hydroxylation sites is 1. The monoisotopic (exact) mass is 199 g/mol. The Morgan fingerprint density at radius 3 is 3.07 bits per heavy atom. The molecule has 1 aromatic heterocycles. The molecule has 1 atom stereocenters. The third-order valence-electron chi connectivity index (χ3n) is 2.95. The van der Waals surface area contributed by atoms with Crippen molar-refractivity contribution in [1.82, 2.24) is 4.98 Å². The number of H-pyrrole nitrogens is 1. The molecule has 76 valence electrons. The number of hydrogen-bond acceptors (Lipinski definition) is 2. The second-order valence-electron chi connectivity index (χ2n) is 4.01. The summed E-state index contributed by atoms with van der Waals surface area (Å²) in [7, 11) is 0. The second-order valence-corrected chi connectivity index (χ2v) is 4.01. The number of nitrogens with one attached hydrogen (secondary N) is 1. The smallest absolute Gasteiger partial charge is 0.101 e. The summed E-state index contributed by atoms with van der Waals surface area (Å²) in [6.45, 7) is 2.01. The topological polar surface area (TPSA) is 54.2 Å². The molecule has 0 spiro atoms. The average Bonchev–Trinajstić information content (AvgIpc) is 2.57. The van der Waals surface area contributed by atoms with E-state index in [0.717, 1.165) is 17.8 Å². The van der Waals surface area contributed by atoms with E-state index in [1.54, 1.807) is 0 Å². The predicted molar refractivity (Wildman–Crippen MR) is 62.2 cm³/mol. The SMILES string of the molecule is CC1=NC(N)Cc2c1[nH]c1ccccc21. The summed E-state index contributed by atoms with van der Waals surface area (Å²) < 4.78 is 0. The number of nitrogens with zero attached hydrogens (tertiary/aromatic N) is 1. The Labute approximate surface area is 88.0 Å². The van der Waals surface area contributed by atoms with Crippen LogP contribution in [0.4, 0.5) is 0 Å². The summed E-state index contributed by atoms with van der Waals surface area (Å²) in [6.07, 6.45) is 0.744. The number of aliphatic imine (C=N–C) groups is 1. The number of fused-ring (bicyclic) bond motifs is 3. The van der Waals surface area contributed by atoms with Gasteiger partial charge >= 0.3 is 0 Å². The second kappa shape index (κ2) is 2.94. The van der Waals surface area contributed by atoms with Crippen molar-refractivity contribution in [2.24, 2.45) is 10.7 Å². The zero-order valence-electron chi connectivity index (χ0n) is 8.62. The highest BCUT2D eigenvalue weighted by molar-refractivity contribution is 6.05. The van der Waals surface area contributed by atoms with Crippen LogP contribution in [-0.2, 0) is 6.42 Å². The van der Waals surface area contributed by atoms with Gasteiger partial charge in [0, 0.05) is 17.3 Å². The molecule has 1 aromatic carbocycles. The van der Waals surface area contributed by atoms with E-state index in [4.69, 9.17) is 5.73 Å². The fraction of sp³-hybridized carbons (Fsp3) is 0.250. The van der Waals surface area contributed by atoms with Crippen molar-refractivity contribution in [3.63, 3.8) is 0 Å². The van der Waals surface area contributed by atoms with Gasteiger partial charge in [0.15, 0.2) is 0 Å². The molecule has 3 rings (SSSR count). The first kappa shape index (κ1) is 8.68. The van der Waals surface area contributed by atoms with Crippen molar-refractivity contribution in [1.29, 1.82) is 0 Å². The van der Waals surface area contributed by atoms with Crippen molar-refractivity contribution in [2.45, 2.75) is 19.5 Å². The van der Waals surface area contributed by atoms with Crippen molar-refractivity contribution >= 4 is 16.6 Å². The maximum Gasteiger partial charge on any atom is 0.101 e. The number of benzene rings is 1. The summed E-state index contributed by atoms with van der Waals surface area (Å²) >= 11 is 0. The van der Waals surface area contributed by atoms with Crippen LogP contribution >= 0.6 is 0 Å². The molecular weight excluding hydrogens is 186 g/mol. The Balaban J connectivity index is 2.34. The number of aromatic nitrogens is 1. The molecule has 1 unspecified atom stereocenters. The van der Waals surface area contributed by atoms with Crippen LogP contribution in [0.15, 0.2) is 29.3 Å². The van der Waals surface area contributed by atoms with Crippen LogP contribution < -0.4 is 5.73 Å². The van der Waals surface area contributed by atoms with E-state index < -0.39 is 0 Å². The Morgan fingerprint density at radius 2 is 2.20 bits per heavy atom. The molecule has 0 amide bonds. The molecule has 3 N–H and O–H groups in total. The van der Waals surface area contributed by atoms with Crippen LogP contribution in [0, 0.1) is 0 Å². The van der Waals surface area contributed by atoms with Gasteiger partial charge in [-0.25, -0.2) is 0 Å². The maximum atomic E-state index is 5.89. The third kappa shape index (κ3) is 1.20. The first-order chi connectivity index (χ1) is 7.25. The van der Waals surface area contributed by atoms with Crippen LogP contribution in [0.3, 0.4) is 0 Å². The van der Waals surface area contributed by atoms with Gasteiger partial charge in [-0.3, -0.25) is 4.99 Å². The lowest BCUT2D eigenvalue weighted by Crippen LogP contribution is -2.26. The molecule has 0 fully saturated rings. The summed E-state index contributed by atoms with van der Waals surface area (Å²) in [6, 6.07) is 8.32. The summed E-state index contributed by atoms with van der Waals surface area (Å²) in [5, 5.41) is 1.28. The quantitative estimate of drug-likeness (QED) is 0.668. The van der Waals surface area contributed by atoms with E-state index in [9.17, 15) is 0 Å². The fourth-order valence-corrected chi connectivity index (χ4v) is 2.29. The Kier molecular flexibility index (Phi) is 1.70. The molecule has 15 heavy (non-hydrogen) atoms. The normalized spacial score (nSPS) is 20.1. The standard InChI is InChI=1S/C12H13N3/c1-7-12-9(6-11(13)14-7)8-4-2-3-5-10(8)15-12/h2-5,11,15H,6,13H2,1H3. The lowest BCUT2D eigenvalue weighted by molar-refractivity contribution is 0.696. The van der Waals surface area contributed by atoms with Gasteiger partial charge in [0.2, 0.25) is 0 Å². The number of nitrogens with two attached hydrogens (primary N) is 1. The van der Waals surface area contributed by atoms with E-state index in [-0.39, 0.29) is 6.17 Å². The van der Waals surface area contributed by atoms with Gasteiger partial charge in [0.05, 0.1) is 11.4 Å². The van der Waals surface area contributed by atoms with Crippen LogP contribution in [0.2, 0.25) is 0 Å². The number of hydrogen-bond donors (Lipinski definition) is 2. The summed E-state index contributed by atoms with van der Waals surface area (Å²) in [4.78, 5) is 7.78. The molecule has 2 aromatic rings. The minimum Gasteiger partial charge on any atom is -0.353 e. The van der Waals surface area contributed by atoms with E-state index in [1.807, 2.05) is 13.0 Å². The largest absolute Gasteiger partial charge is 0.353 e. The zero-order valence-corrected chi connectivity index (χ0v) is 8.62. The first-order valence-electron chi connectivity index (χ1n) is 5.15. The molecule has 0 bridgehead atoms. The van der Waals surface area contributed by atoms with Gasteiger partial charge in [-0.1, -0.05) is 18.2 Å². The van der Waals surface area contributed by atoms with Crippen LogP contribution in [-0.4, -0.2) is 16.9 Å². The Morgan fingerprint density at radius 1 is 1.40 bits per heavy atom. The van der Waals surface area contributed by atoms with E-state index in [2.05, 4.69) is 28.2 Å². The summed E-state index contributed by atoms with van der Waals surface area (Å²) in [5.74, 6) is 0. The van der Waals surface area contributed by atoms with Crippen molar-refractivity contribution in [2.75, 3.05) is 0 Å². The van der Waals surface area contributed by atoms with Gasteiger partial charge in [-0.2, -0.15) is 0 Å². The number of rotatable bonds is 0. The predicted octanol–water partition coefficient (Wildman–Crippen LogP) is 1.82. The van der Waals surface area contributed by atoms with Crippen molar-refractivity contribution < 1.29 is 0 Å². The molecule has 3 heteroatoms. The molecule has 0 saturated heterocycles. The molecule has 0 radical (unpaired) electrons. The van der Waals surface area contributed by atoms with Gasteiger partial charge in [-0.05, 0) is 18.6 Å². The molecule has 0 saturated carbocycles. The van der Waals surface area contributed by atoms with Crippen molar-refractivity contribution in [3.05, 3.63) is 35.5 Å². The molecule has 2 heterocycles. The number of aromatic amines is 1. The van der Waals surface area contributed by atoms with Crippen molar-refractivity contribution in [3.8, 4) is 0 Å². The molecule has 1 aliphatic heterocycles. The highest BCUT2D eigenvalue weighted by Gasteiger charge is 2.20. The summed E-state index contributed by atoms with van der Waals surface area (Å²) in [5.41, 5.74) is 10.5. The van der Waals surface area contributed by atoms with Gasteiger partial charge in [0.25, 0.3) is 0 Å². The van der Waals surface area contributed by atoms with Crippen LogP contribution in [0.5, 0.6) is 0 Å². The Bertz CT molecular complexity index is 551. The zero-order chi connectivity index (χ0) is 10.4. The minimum absolute atomic E-state index is 0.0864. The highest BCUT2D eigenvalue weighted by Crippen LogP contribution is 2.26. The molecule has 3 nitrogen and oxygen atoms in total. The van der Waals surface area contributed by atoms with Crippen LogP contribution in [0.1, 0.15) is 18.2 Å². The average molecular weight is 199 g/mol. The molecule has 1 aliphatic rings. The highest BCUT2D eigenvalue weighted by atomic mass is 15.0. The molecule has 0 aliphatic carbocycles. The van der Waals surface area contributed by atoms with Gasteiger partial charge in [-0.15, -0.1) is 0 Å². The van der Waals surface area contributed by atoms with Gasteiger partial charge < -0.3 is 10.7 Å². The Hall–Kier alpha value is -1.61. The van der Waals surface area contributed by atoms with E-state index >= 15 is 0 Å². The molecular formula is C12H13N3. The first-order valence-corrected chi connectivity index (χ1v) is 5.15. The maximum absolute atomic E-state index is 5.89. The van der Waals surface area contributed by atoms with Crippen LogP contribution in [0.25, 0.3) is 10.9 Å². The minimum atomic E-state index is -0.0864. The van der Waals surface area contributed by atoms with E-state index in [1.165, 1.54) is 16.5 Å². The van der Waals surface area contributed by atoms with Gasteiger partial charge in [0.1, 0.15) is 6.17 Å². The van der Waals surface area contributed by atoms with E-state index in [0.29, 0.717) is 0 Å². The third-order valence-corrected chi connectivity index (χ3v) is 2.95. The fourth-order valence-electron chi connectivity index (χ4n) is 2.29. The lowest BCUT2D eigenvalue weighted by atomic mass is 10.0. The lowest BCUT2D eigenvalue weighted by Gasteiger charge is -2.15.